The van der Waals surface area contributed by atoms with Crippen molar-refractivity contribution in [3.8, 4) is 0 Å². The van der Waals surface area contributed by atoms with E-state index in [0.717, 1.165) is 10.7 Å². The van der Waals surface area contributed by atoms with E-state index in [2.05, 4.69) is 15.3 Å². The fraction of sp³-hybridized carbons (Fsp3) is 0.267. The van der Waals surface area contributed by atoms with E-state index in [4.69, 9.17) is 0 Å². The molecule has 3 rings (SSSR count). The highest BCUT2D eigenvalue weighted by Crippen LogP contribution is 2.28. The second-order valence-electron chi connectivity index (χ2n) is 5.01. The number of amides is 1. The van der Waals surface area contributed by atoms with Gasteiger partial charge in [-0.05, 0) is 30.8 Å². The first-order valence-electron chi connectivity index (χ1n) is 7.10. The second-order valence-corrected chi connectivity index (χ2v) is 6.91. The molecule has 0 bridgehead atoms. The number of benzene rings is 1. The number of thiazole rings is 1. The van der Waals surface area contributed by atoms with Crippen LogP contribution in [-0.2, 0) is 17.9 Å². The number of aromatic nitrogens is 3. The summed E-state index contributed by atoms with van der Waals surface area (Å²) in [6.45, 7) is 2.13. The van der Waals surface area contributed by atoms with Gasteiger partial charge in [0.05, 0.1) is 17.6 Å². The van der Waals surface area contributed by atoms with E-state index in [0.29, 0.717) is 29.3 Å². The monoisotopic (exact) mass is 368 g/mol. The first-order valence-corrected chi connectivity index (χ1v) is 8.86. The molecule has 3 aromatic rings. The highest BCUT2D eigenvalue weighted by molar-refractivity contribution is 7.99. The zero-order valence-corrected chi connectivity index (χ0v) is 14.3. The van der Waals surface area contributed by atoms with Gasteiger partial charge in [-0.1, -0.05) is 12.1 Å². The zero-order chi connectivity index (χ0) is 17.1. The Morgan fingerprint density at radius 1 is 1.38 bits per heavy atom. The lowest BCUT2D eigenvalue weighted by Gasteiger charge is -2.08. The number of fused-ring (bicyclic) bond motifs is 1. The number of nitrogens with zero attached hydrogens (tertiary/aromatic N) is 3. The Morgan fingerprint density at radius 2 is 2.17 bits per heavy atom. The van der Waals surface area contributed by atoms with Gasteiger partial charge in [-0.25, -0.2) is 9.97 Å². The molecule has 24 heavy (non-hydrogen) atoms. The van der Waals surface area contributed by atoms with Crippen molar-refractivity contribution in [1.82, 2.24) is 19.9 Å². The molecule has 0 unspecified atom stereocenters. The van der Waals surface area contributed by atoms with Crippen LogP contribution in [-0.4, -0.2) is 26.2 Å². The Labute approximate surface area is 145 Å². The lowest BCUT2D eigenvalue weighted by molar-refractivity contribution is -0.121. The molecule has 2 heterocycles. The molecule has 0 aliphatic heterocycles. The van der Waals surface area contributed by atoms with E-state index in [1.165, 1.54) is 15.9 Å². The summed E-state index contributed by atoms with van der Waals surface area (Å²) in [4.78, 5) is 20.6. The van der Waals surface area contributed by atoms with Crippen LogP contribution < -0.4 is 5.32 Å². The molecule has 126 valence electrons. The Morgan fingerprint density at radius 3 is 2.88 bits per heavy atom. The number of imidazole rings is 1. The summed E-state index contributed by atoms with van der Waals surface area (Å²) < 4.78 is 27.0. The van der Waals surface area contributed by atoms with Crippen molar-refractivity contribution in [2.45, 2.75) is 30.9 Å². The van der Waals surface area contributed by atoms with Crippen LogP contribution in [0.1, 0.15) is 10.7 Å². The fourth-order valence-corrected chi connectivity index (χ4v) is 3.55. The standard InChI is InChI=1S/C15H14F2N4OS2/c1-9-8-23-13(19-9)6-18-12(22)7-21-11-5-3-2-4-10(11)20-15(21)24-14(16)17/h2-5,8,14H,6-7H2,1H3,(H,18,22). The van der Waals surface area contributed by atoms with E-state index >= 15 is 0 Å². The largest absolute Gasteiger partial charge is 0.348 e. The van der Waals surface area contributed by atoms with Gasteiger partial charge in [-0.2, -0.15) is 8.78 Å². The van der Waals surface area contributed by atoms with Gasteiger partial charge in [0.2, 0.25) is 5.91 Å². The molecule has 1 amide bonds. The van der Waals surface area contributed by atoms with Gasteiger partial charge in [-0.3, -0.25) is 4.79 Å². The average molecular weight is 368 g/mol. The van der Waals surface area contributed by atoms with Crippen LogP contribution in [0.4, 0.5) is 8.78 Å². The molecule has 0 fully saturated rings. The topological polar surface area (TPSA) is 59.8 Å². The summed E-state index contributed by atoms with van der Waals surface area (Å²) in [7, 11) is 0. The molecule has 2 aromatic heterocycles. The van der Waals surface area contributed by atoms with Crippen molar-refractivity contribution in [2.24, 2.45) is 0 Å². The van der Waals surface area contributed by atoms with Crippen LogP contribution in [0.5, 0.6) is 0 Å². The molecule has 1 aromatic carbocycles. The highest BCUT2D eigenvalue weighted by atomic mass is 32.2. The average Bonchev–Trinajstić information content (AvgIpc) is 3.09. The number of carbonyl (C=O) groups excluding carboxylic acids is 1. The number of thioether (sulfide) groups is 1. The van der Waals surface area contributed by atoms with E-state index in [1.54, 1.807) is 24.3 Å². The number of halogens is 2. The minimum absolute atomic E-state index is 0.0695. The van der Waals surface area contributed by atoms with E-state index < -0.39 is 5.76 Å². The van der Waals surface area contributed by atoms with Crippen molar-refractivity contribution < 1.29 is 13.6 Å². The third-order valence-corrected chi connectivity index (χ3v) is 4.89. The van der Waals surface area contributed by atoms with Gasteiger partial charge >= 0.3 is 0 Å². The zero-order valence-electron chi connectivity index (χ0n) is 12.7. The quantitative estimate of drug-likeness (QED) is 0.677. The van der Waals surface area contributed by atoms with Crippen molar-refractivity contribution >= 4 is 40.0 Å². The fourth-order valence-electron chi connectivity index (χ4n) is 2.23. The SMILES string of the molecule is Cc1csc(CNC(=O)Cn2c(SC(F)F)nc3ccccc32)n1. The number of hydrogen-bond acceptors (Lipinski definition) is 5. The molecule has 1 N–H and O–H groups in total. The molecule has 9 heteroatoms. The lowest BCUT2D eigenvalue weighted by atomic mass is 10.3. The maximum Gasteiger partial charge on any atom is 0.291 e. The summed E-state index contributed by atoms with van der Waals surface area (Å²) in [6, 6.07) is 7.06. The molecule has 0 spiro atoms. The van der Waals surface area contributed by atoms with Crippen molar-refractivity contribution in [1.29, 1.82) is 0 Å². The Bertz CT molecular complexity index is 862. The van der Waals surface area contributed by atoms with Crippen LogP contribution in [0.25, 0.3) is 11.0 Å². The molecule has 0 radical (unpaired) electrons. The van der Waals surface area contributed by atoms with Crippen molar-refractivity contribution in [3.05, 3.63) is 40.3 Å². The number of carbonyl (C=O) groups is 1. The lowest BCUT2D eigenvalue weighted by Crippen LogP contribution is -2.27. The van der Waals surface area contributed by atoms with Gasteiger partial charge in [0.15, 0.2) is 5.16 Å². The molecule has 0 aliphatic carbocycles. The summed E-state index contributed by atoms with van der Waals surface area (Å²) in [5, 5.41) is 5.60. The van der Waals surface area contributed by atoms with Gasteiger partial charge in [0, 0.05) is 11.1 Å². The summed E-state index contributed by atoms with van der Waals surface area (Å²) >= 11 is 1.80. The number of para-hydroxylation sites is 2. The predicted octanol–water partition coefficient (Wildman–Crippen LogP) is 3.43. The summed E-state index contributed by atoms with van der Waals surface area (Å²) in [5.41, 5.74) is 2.14. The Hall–Kier alpha value is -2.00. The van der Waals surface area contributed by atoms with Gasteiger partial charge in [-0.15, -0.1) is 11.3 Å². The molecule has 0 saturated heterocycles. The van der Waals surface area contributed by atoms with Crippen molar-refractivity contribution in [2.75, 3.05) is 0 Å². The van der Waals surface area contributed by atoms with Crippen LogP contribution in [0.2, 0.25) is 0 Å². The maximum atomic E-state index is 12.7. The van der Waals surface area contributed by atoms with Gasteiger partial charge in [0.1, 0.15) is 11.6 Å². The number of rotatable bonds is 6. The molecular formula is C15H14F2N4OS2. The molecular weight excluding hydrogens is 354 g/mol. The summed E-state index contributed by atoms with van der Waals surface area (Å²) in [5.74, 6) is -2.87. The van der Waals surface area contributed by atoms with E-state index in [-0.39, 0.29) is 17.6 Å². The van der Waals surface area contributed by atoms with Gasteiger partial charge in [0.25, 0.3) is 5.76 Å². The van der Waals surface area contributed by atoms with E-state index in [1.807, 2.05) is 12.3 Å². The smallest absolute Gasteiger partial charge is 0.291 e. The second kappa shape index (κ2) is 7.27. The first-order chi connectivity index (χ1) is 11.5. The minimum Gasteiger partial charge on any atom is -0.348 e. The third kappa shape index (κ3) is 3.90. The van der Waals surface area contributed by atoms with Crippen LogP contribution in [0, 0.1) is 6.92 Å². The van der Waals surface area contributed by atoms with Crippen LogP contribution in [0.15, 0.2) is 34.8 Å². The highest BCUT2D eigenvalue weighted by Gasteiger charge is 2.17. The van der Waals surface area contributed by atoms with Crippen molar-refractivity contribution in [3.63, 3.8) is 0 Å². The predicted molar refractivity (Wildman–Crippen MR) is 90.3 cm³/mol. The molecule has 0 atom stereocenters. The van der Waals surface area contributed by atoms with Gasteiger partial charge < -0.3 is 9.88 Å². The molecule has 0 saturated carbocycles. The number of nitrogens with one attached hydrogen (secondary N) is 1. The number of aryl methyl sites for hydroxylation is 1. The van der Waals surface area contributed by atoms with E-state index in [9.17, 15) is 13.6 Å². The normalized spacial score (nSPS) is 11.3. The number of hydrogen-bond donors (Lipinski definition) is 1. The number of alkyl halides is 2. The third-order valence-electron chi connectivity index (χ3n) is 3.22. The van der Waals surface area contributed by atoms with Crippen LogP contribution >= 0.6 is 23.1 Å². The Kier molecular flexibility index (Phi) is 5.10. The maximum absolute atomic E-state index is 12.7. The Balaban J connectivity index is 1.76. The summed E-state index contributed by atoms with van der Waals surface area (Å²) in [6.07, 6.45) is 0. The molecule has 5 nitrogen and oxygen atoms in total. The van der Waals surface area contributed by atoms with Crippen LogP contribution in [0.3, 0.4) is 0 Å². The molecule has 0 aliphatic rings. The first kappa shape index (κ1) is 16.8. The minimum atomic E-state index is -2.60.